The lowest BCUT2D eigenvalue weighted by molar-refractivity contribution is 0.100. The summed E-state index contributed by atoms with van der Waals surface area (Å²) in [6.45, 7) is 0. The maximum atomic E-state index is 10.7. The number of furan rings is 2. The van der Waals surface area contributed by atoms with Crippen molar-refractivity contribution in [1.29, 1.82) is 0 Å². The Morgan fingerprint density at radius 3 is 2.36 bits per heavy atom. The van der Waals surface area contributed by atoms with Crippen molar-refractivity contribution in [2.75, 3.05) is 5.73 Å². The Bertz CT molecular complexity index is 405. The summed E-state index contributed by atoms with van der Waals surface area (Å²) in [5.74, 6) is -0.545. The molecule has 0 unspecified atom stereocenters. The third-order valence-corrected chi connectivity index (χ3v) is 1.63. The number of benzene rings is 1. The SMILES string of the molecule is NC(=O)c1c(N)c2ccc1o2. The zero-order valence-electron chi connectivity index (χ0n) is 5.63. The van der Waals surface area contributed by atoms with Gasteiger partial charge in [0.15, 0.2) is 5.58 Å². The van der Waals surface area contributed by atoms with Gasteiger partial charge in [0.05, 0.1) is 5.69 Å². The van der Waals surface area contributed by atoms with Crippen molar-refractivity contribution in [2.45, 2.75) is 0 Å². The van der Waals surface area contributed by atoms with E-state index in [1.807, 2.05) is 0 Å². The average Bonchev–Trinajstić information content (AvgIpc) is 2.44. The highest BCUT2D eigenvalue weighted by Crippen LogP contribution is 2.29. The Labute approximate surface area is 62.1 Å². The molecule has 2 heterocycles. The van der Waals surface area contributed by atoms with Crippen molar-refractivity contribution >= 4 is 22.8 Å². The van der Waals surface area contributed by atoms with E-state index in [2.05, 4.69) is 0 Å². The first kappa shape index (κ1) is 6.03. The zero-order chi connectivity index (χ0) is 8.01. The topological polar surface area (TPSA) is 82.2 Å². The maximum Gasteiger partial charge on any atom is 0.254 e. The monoisotopic (exact) mass is 150 g/mol. The summed E-state index contributed by atoms with van der Waals surface area (Å²) in [6, 6.07) is 3.38. The Kier molecular flexibility index (Phi) is 0.910. The number of nitrogens with two attached hydrogens (primary N) is 2. The fourth-order valence-corrected chi connectivity index (χ4v) is 1.13. The molecule has 0 aromatic carbocycles. The summed E-state index contributed by atoms with van der Waals surface area (Å²) in [7, 11) is 0. The lowest BCUT2D eigenvalue weighted by Crippen LogP contribution is -2.12. The van der Waals surface area contributed by atoms with Gasteiger partial charge in [-0.2, -0.15) is 0 Å². The normalized spacial score (nSPS) is 10.9. The predicted molar refractivity (Wildman–Crippen MR) is 40.3 cm³/mol. The standard InChI is InChI=1S/C7H6N2O2/c8-6-4-2-1-3(11-4)5(6)7(9)10/h1-2H,8H2,(H2,9,10). The summed E-state index contributed by atoms with van der Waals surface area (Å²) in [5.41, 5.74) is 12.2. The fraction of sp³-hybridized carbons (Fsp3) is 0. The van der Waals surface area contributed by atoms with E-state index < -0.39 is 5.91 Å². The molecule has 0 fully saturated rings. The molecule has 4 nitrogen and oxygen atoms in total. The summed E-state index contributed by atoms with van der Waals surface area (Å²) >= 11 is 0. The quantitative estimate of drug-likeness (QED) is 0.582. The second-order valence-corrected chi connectivity index (χ2v) is 2.32. The van der Waals surface area contributed by atoms with E-state index in [4.69, 9.17) is 15.9 Å². The summed E-state index contributed by atoms with van der Waals surface area (Å²) in [6.07, 6.45) is 0. The van der Waals surface area contributed by atoms with Crippen LogP contribution < -0.4 is 11.5 Å². The van der Waals surface area contributed by atoms with Crippen LogP contribution in [0.25, 0.3) is 11.2 Å². The lowest BCUT2D eigenvalue weighted by atomic mass is 10.2. The maximum absolute atomic E-state index is 10.7. The number of hydrogen-bond donors (Lipinski definition) is 2. The average molecular weight is 150 g/mol. The Hall–Kier alpha value is -1.71. The van der Waals surface area contributed by atoms with Crippen molar-refractivity contribution in [3.8, 4) is 0 Å². The van der Waals surface area contributed by atoms with Crippen LogP contribution in [-0.2, 0) is 0 Å². The molecule has 0 spiro atoms. The van der Waals surface area contributed by atoms with E-state index in [1.165, 1.54) is 0 Å². The van der Waals surface area contributed by atoms with Crippen molar-refractivity contribution in [1.82, 2.24) is 0 Å². The molecule has 2 aromatic heterocycles. The van der Waals surface area contributed by atoms with Crippen LogP contribution >= 0.6 is 0 Å². The Balaban J connectivity index is 2.81. The number of carbonyl (C=O) groups is 1. The number of primary amides is 1. The van der Waals surface area contributed by atoms with Gasteiger partial charge in [-0.3, -0.25) is 4.79 Å². The molecular formula is C7H6N2O2. The van der Waals surface area contributed by atoms with E-state index >= 15 is 0 Å². The number of rotatable bonds is 1. The molecule has 4 N–H and O–H groups in total. The molecule has 56 valence electrons. The molecule has 2 bridgehead atoms. The highest BCUT2D eigenvalue weighted by atomic mass is 16.3. The van der Waals surface area contributed by atoms with Gasteiger partial charge >= 0.3 is 0 Å². The van der Waals surface area contributed by atoms with Crippen LogP contribution in [0.1, 0.15) is 10.4 Å². The minimum Gasteiger partial charge on any atom is -0.454 e. The third-order valence-electron chi connectivity index (χ3n) is 1.63. The van der Waals surface area contributed by atoms with Gasteiger partial charge in [0.1, 0.15) is 11.1 Å². The van der Waals surface area contributed by atoms with E-state index in [9.17, 15) is 4.79 Å². The van der Waals surface area contributed by atoms with E-state index in [1.54, 1.807) is 12.1 Å². The van der Waals surface area contributed by atoms with E-state index in [0.29, 0.717) is 22.4 Å². The molecular weight excluding hydrogens is 144 g/mol. The highest BCUT2D eigenvalue weighted by molar-refractivity contribution is 6.08. The van der Waals surface area contributed by atoms with Crippen LogP contribution in [0.4, 0.5) is 5.69 Å². The fourth-order valence-electron chi connectivity index (χ4n) is 1.13. The van der Waals surface area contributed by atoms with Crippen LogP contribution in [-0.4, -0.2) is 5.91 Å². The first-order valence-corrected chi connectivity index (χ1v) is 3.10. The molecule has 0 saturated carbocycles. The molecule has 0 aliphatic carbocycles. The van der Waals surface area contributed by atoms with Gasteiger partial charge in [-0.1, -0.05) is 0 Å². The van der Waals surface area contributed by atoms with Gasteiger partial charge in [-0.25, -0.2) is 0 Å². The van der Waals surface area contributed by atoms with Crippen LogP contribution in [0.2, 0.25) is 0 Å². The van der Waals surface area contributed by atoms with Crippen LogP contribution in [0.15, 0.2) is 16.5 Å². The van der Waals surface area contributed by atoms with Crippen molar-refractivity contribution in [3.63, 3.8) is 0 Å². The molecule has 4 heteroatoms. The number of amides is 1. The summed E-state index contributed by atoms with van der Waals surface area (Å²) < 4.78 is 5.08. The van der Waals surface area contributed by atoms with Gasteiger partial charge in [-0.05, 0) is 12.1 Å². The number of fused-ring (bicyclic) bond motifs is 2. The number of carbonyl (C=O) groups excluding carboxylic acids is 1. The molecule has 0 aliphatic heterocycles. The molecule has 2 aromatic rings. The van der Waals surface area contributed by atoms with Gasteiger partial charge in [0.2, 0.25) is 0 Å². The molecule has 1 amide bonds. The Morgan fingerprint density at radius 2 is 2.00 bits per heavy atom. The first-order valence-electron chi connectivity index (χ1n) is 3.10. The third kappa shape index (κ3) is 0.605. The first-order chi connectivity index (χ1) is 5.20. The van der Waals surface area contributed by atoms with Gasteiger partial charge in [-0.15, -0.1) is 0 Å². The second kappa shape index (κ2) is 1.66. The minimum atomic E-state index is -0.545. The molecule has 0 radical (unpaired) electrons. The van der Waals surface area contributed by atoms with Crippen molar-refractivity contribution in [3.05, 3.63) is 17.7 Å². The molecule has 0 atom stereocenters. The number of hydrogen-bond acceptors (Lipinski definition) is 3. The summed E-state index contributed by atoms with van der Waals surface area (Å²) in [4.78, 5) is 10.7. The Morgan fingerprint density at radius 1 is 1.36 bits per heavy atom. The molecule has 2 rings (SSSR count). The predicted octanol–water partition coefficient (Wildman–Crippen LogP) is 0.552. The molecule has 0 saturated heterocycles. The number of nitrogen functional groups attached to an aromatic ring is 1. The van der Waals surface area contributed by atoms with Crippen LogP contribution in [0.5, 0.6) is 0 Å². The van der Waals surface area contributed by atoms with E-state index in [0.717, 1.165) is 0 Å². The highest BCUT2D eigenvalue weighted by Gasteiger charge is 2.17. The second-order valence-electron chi connectivity index (χ2n) is 2.32. The van der Waals surface area contributed by atoms with Crippen LogP contribution in [0.3, 0.4) is 0 Å². The largest absolute Gasteiger partial charge is 0.454 e. The number of anilines is 1. The van der Waals surface area contributed by atoms with Crippen molar-refractivity contribution in [2.24, 2.45) is 5.73 Å². The van der Waals surface area contributed by atoms with E-state index in [-0.39, 0.29) is 0 Å². The molecule has 11 heavy (non-hydrogen) atoms. The lowest BCUT2D eigenvalue weighted by Gasteiger charge is -1.92. The van der Waals surface area contributed by atoms with Crippen LogP contribution in [0, 0.1) is 0 Å². The zero-order valence-corrected chi connectivity index (χ0v) is 5.63. The summed E-state index contributed by atoms with van der Waals surface area (Å²) in [5, 5.41) is 0. The van der Waals surface area contributed by atoms with Gasteiger partial charge in [0.25, 0.3) is 5.91 Å². The molecule has 0 aliphatic rings. The van der Waals surface area contributed by atoms with Crippen molar-refractivity contribution < 1.29 is 9.21 Å². The minimum absolute atomic E-state index is 0.294. The van der Waals surface area contributed by atoms with Gasteiger partial charge < -0.3 is 15.9 Å². The van der Waals surface area contributed by atoms with Gasteiger partial charge in [0, 0.05) is 0 Å². The smallest absolute Gasteiger partial charge is 0.254 e.